The SMILES string of the molecule is CC(C(=O)N1CCC[C@H]1C(=O)O)C(S)S. The number of carboxylic acids is 1. The number of aliphatic carboxylic acids is 1. The van der Waals surface area contributed by atoms with Gasteiger partial charge >= 0.3 is 5.97 Å². The fourth-order valence-electron chi connectivity index (χ4n) is 1.68. The molecule has 1 aliphatic heterocycles. The molecule has 4 nitrogen and oxygen atoms in total. The first kappa shape index (κ1) is 12.7. The average molecular weight is 249 g/mol. The third-order valence-corrected chi connectivity index (χ3v) is 3.55. The van der Waals surface area contributed by atoms with Crippen LogP contribution in [0, 0.1) is 5.92 Å². The third kappa shape index (κ3) is 2.81. The lowest BCUT2D eigenvalue weighted by Crippen LogP contribution is -2.44. The zero-order valence-electron chi connectivity index (χ0n) is 8.46. The van der Waals surface area contributed by atoms with Gasteiger partial charge in [0.25, 0.3) is 0 Å². The van der Waals surface area contributed by atoms with Crippen LogP contribution in [-0.4, -0.2) is 39.1 Å². The standard InChI is InChI=1S/C9H15NO3S2/c1-5(9(14)15)7(11)10-4-2-3-6(10)8(12)13/h5-6,9,14-15H,2-4H2,1H3,(H,12,13)/t5?,6-/m0/s1. The Balaban J connectivity index is 2.70. The van der Waals surface area contributed by atoms with E-state index in [4.69, 9.17) is 5.11 Å². The molecule has 0 aromatic heterocycles. The van der Waals surface area contributed by atoms with E-state index in [2.05, 4.69) is 25.3 Å². The van der Waals surface area contributed by atoms with Crippen molar-refractivity contribution in [2.45, 2.75) is 30.4 Å². The smallest absolute Gasteiger partial charge is 0.326 e. The van der Waals surface area contributed by atoms with E-state index in [0.29, 0.717) is 13.0 Å². The number of hydrogen-bond donors (Lipinski definition) is 3. The summed E-state index contributed by atoms with van der Waals surface area (Å²) >= 11 is 8.15. The summed E-state index contributed by atoms with van der Waals surface area (Å²) in [5, 5.41) is 8.92. The molecule has 0 aliphatic carbocycles. The van der Waals surface area contributed by atoms with Crippen LogP contribution in [0.15, 0.2) is 0 Å². The molecular weight excluding hydrogens is 234 g/mol. The Hall–Kier alpha value is -0.360. The number of amides is 1. The summed E-state index contributed by atoms with van der Waals surface area (Å²) in [7, 11) is 0. The minimum Gasteiger partial charge on any atom is -0.480 e. The molecule has 0 spiro atoms. The van der Waals surface area contributed by atoms with E-state index in [1.807, 2.05) is 0 Å². The summed E-state index contributed by atoms with van der Waals surface area (Å²) in [6.07, 6.45) is 1.29. The summed E-state index contributed by atoms with van der Waals surface area (Å²) in [6, 6.07) is -0.666. The molecule has 6 heteroatoms. The van der Waals surface area contributed by atoms with Gasteiger partial charge in [-0.3, -0.25) is 4.79 Å². The Morgan fingerprint density at radius 1 is 1.47 bits per heavy atom. The van der Waals surface area contributed by atoms with Gasteiger partial charge in [-0.15, -0.1) is 0 Å². The first-order valence-corrected chi connectivity index (χ1v) is 5.88. The lowest BCUT2D eigenvalue weighted by molar-refractivity contribution is -0.149. The molecule has 15 heavy (non-hydrogen) atoms. The number of nitrogens with zero attached hydrogens (tertiary/aromatic N) is 1. The quantitative estimate of drug-likeness (QED) is 0.514. The Morgan fingerprint density at radius 2 is 2.07 bits per heavy atom. The van der Waals surface area contributed by atoms with Crippen molar-refractivity contribution in [3.63, 3.8) is 0 Å². The molecule has 1 amide bonds. The lowest BCUT2D eigenvalue weighted by atomic mass is 10.1. The second kappa shape index (κ2) is 5.12. The van der Waals surface area contributed by atoms with Gasteiger partial charge in [0, 0.05) is 6.54 Å². The highest BCUT2D eigenvalue weighted by molar-refractivity contribution is 7.99. The van der Waals surface area contributed by atoms with Crippen LogP contribution in [0.2, 0.25) is 0 Å². The number of rotatable bonds is 3. The number of carboxylic acid groups (broad SMARTS) is 1. The Morgan fingerprint density at radius 3 is 2.53 bits per heavy atom. The van der Waals surface area contributed by atoms with Crippen LogP contribution in [-0.2, 0) is 9.59 Å². The van der Waals surface area contributed by atoms with Gasteiger partial charge in [0.1, 0.15) is 6.04 Å². The molecule has 0 aromatic carbocycles. The van der Waals surface area contributed by atoms with Crippen molar-refractivity contribution in [2.75, 3.05) is 6.54 Å². The van der Waals surface area contributed by atoms with E-state index < -0.39 is 12.0 Å². The van der Waals surface area contributed by atoms with E-state index in [0.717, 1.165) is 6.42 Å². The van der Waals surface area contributed by atoms with Crippen LogP contribution < -0.4 is 0 Å². The number of likely N-dealkylation sites (tertiary alicyclic amines) is 1. The maximum Gasteiger partial charge on any atom is 0.326 e. The van der Waals surface area contributed by atoms with Crippen LogP contribution in [0.1, 0.15) is 19.8 Å². The van der Waals surface area contributed by atoms with Crippen molar-refractivity contribution in [3.8, 4) is 0 Å². The highest BCUT2D eigenvalue weighted by Gasteiger charge is 2.36. The fraction of sp³-hybridized carbons (Fsp3) is 0.778. The zero-order chi connectivity index (χ0) is 11.6. The summed E-state index contributed by atoms with van der Waals surface area (Å²) in [5.74, 6) is -1.46. The molecule has 0 radical (unpaired) electrons. The van der Waals surface area contributed by atoms with E-state index in [9.17, 15) is 9.59 Å². The van der Waals surface area contributed by atoms with Gasteiger partial charge < -0.3 is 10.0 Å². The molecule has 0 aromatic rings. The van der Waals surface area contributed by atoms with Crippen molar-refractivity contribution >= 4 is 37.1 Å². The van der Waals surface area contributed by atoms with Gasteiger partial charge in [0.15, 0.2) is 0 Å². The molecule has 1 unspecified atom stereocenters. The number of carbonyl (C=O) groups excluding carboxylic acids is 1. The van der Waals surface area contributed by atoms with E-state index in [-0.39, 0.29) is 16.4 Å². The molecule has 2 atom stereocenters. The predicted molar refractivity (Wildman–Crippen MR) is 63.3 cm³/mol. The summed E-state index contributed by atoms with van der Waals surface area (Å²) in [4.78, 5) is 24.2. The normalized spacial score (nSPS) is 23.2. The van der Waals surface area contributed by atoms with E-state index in [1.54, 1.807) is 6.92 Å². The molecule has 1 saturated heterocycles. The van der Waals surface area contributed by atoms with Crippen molar-refractivity contribution in [2.24, 2.45) is 5.92 Å². The van der Waals surface area contributed by atoms with Crippen molar-refractivity contribution in [3.05, 3.63) is 0 Å². The van der Waals surface area contributed by atoms with Gasteiger partial charge in [-0.05, 0) is 12.8 Å². The van der Waals surface area contributed by atoms with Crippen molar-refractivity contribution in [1.29, 1.82) is 0 Å². The Bertz CT molecular complexity index is 270. The molecule has 1 heterocycles. The number of carbonyl (C=O) groups is 2. The highest BCUT2D eigenvalue weighted by atomic mass is 32.2. The maximum atomic E-state index is 11.9. The molecule has 1 fully saturated rings. The van der Waals surface area contributed by atoms with Crippen LogP contribution >= 0.6 is 25.3 Å². The minimum atomic E-state index is -0.928. The largest absolute Gasteiger partial charge is 0.480 e. The van der Waals surface area contributed by atoms with Crippen LogP contribution in [0.3, 0.4) is 0 Å². The van der Waals surface area contributed by atoms with Gasteiger partial charge in [-0.1, -0.05) is 6.92 Å². The van der Waals surface area contributed by atoms with Crippen LogP contribution in [0.25, 0.3) is 0 Å². The monoisotopic (exact) mass is 249 g/mol. The van der Waals surface area contributed by atoms with E-state index >= 15 is 0 Å². The molecular formula is C9H15NO3S2. The summed E-state index contributed by atoms with van der Waals surface area (Å²) in [6.45, 7) is 2.23. The zero-order valence-corrected chi connectivity index (χ0v) is 10.2. The lowest BCUT2D eigenvalue weighted by Gasteiger charge is -2.25. The van der Waals surface area contributed by atoms with Crippen LogP contribution in [0.5, 0.6) is 0 Å². The fourth-order valence-corrected chi connectivity index (χ4v) is 1.93. The first-order valence-electron chi connectivity index (χ1n) is 4.84. The second-order valence-corrected chi connectivity index (χ2v) is 5.25. The van der Waals surface area contributed by atoms with Gasteiger partial charge in [0.05, 0.1) is 10.5 Å². The molecule has 0 bridgehead atoms. The summed E-state index contributed by atoms with van der Waals surface area (Å²) < 4.78 is -0.354. The topological polar surface area (TPSA) is 57.6 Å². The predicted octanol–water partition coefficient (Wildman–Crippen LogP) is 0.884. The first-order chi connectivity index (χ1) is 6.95. The minimum absolute atomic E-state index is 0.171. The summed E-state index contributed by atoms with van der Waals surface area (Å²) in [5.41, 5.74) is 0. The molecule has 0 saturated carbocycles. The van der Waals surface area contributed by atoms with Gasteiger partial charge in [0.2, 0.25) is 5.91 Å². The number of thiol groups is 2. The molecule has 1 N–H and O–H groups in total. The van der Waals surface area contributed by atoms with Gasteiger partial charge in [-0.2, -0.15) is 25.3 Å². The average Bonchev–Trinajstić information content (AvgIpc) is 2.63. The number of hydrogen-bond acceptors (Lipinski definition) is 4. The highest BCUT2D eigenvalue weighted by Crippen LogP contribution is 2.23. The molecule has 86 valence electrons. The maximum absolute atomic E-state index is 11.9. The Kier molecular flexibility index (Phi) is 4.33. The van der Waals surface area contributed by atoms with Crippen LogP contribution in [0.4, 0.5) is 0 Å². The van der Waals surface area contributed by atoms with Crippen molar-refractivity contribution < 1.29 is 14.7 Å². The molecule has 1 rings (SSSR count). The second-order valence-electron chi connectivity index (χ2n) is 3.73. The van der Waals surface area contributed by atoms with Crippen molar-refractivity contribution in [1.82, 2.24) is 4.90 Å². The van der Waals surface area contributed by atoms with E-state index in [1.165, 1.54) is 4.90 Å². The van der Waals surface area contributed by atoms with Gasteiger partial charge in [-0.25, -0.2) is 4.79 Å². The third-order valence-electron chi connectivity index (χ3n) is 2.66. The Labute approximate surface area is 99.8 Å². The molecule has 1 aliphatic rings.